The maximum absolute atomic E-state index is 13.1. The van der Waals surface area contributed by atoms with Crippen molar-refractivity contribution < 1.29 is 14.6 Å². The molecular formula is C27H23N3O3. The minimum atomic E-state index is -0.798. The lowest BCUT2D eigenvalue weighted by atomic mass is 10.1. The highest BCUT2D eigenvalue weighted by Gasteiger charge is 2.18. The van der Waals surface area contributed by atoms with Crippen molar-refractivity contribution in [1.82, 2.24) is 15.3 Å². The maximum atomic E-state index is 13.1. The number of carbonyl (C=O) groups excluding carboxylic acids is 1. The molecule has 33 heavy (non-hydrogen) atoms. The van der Waals surface area contributed by atoms with Gasteiger partial charge in [0.15, 0.2) is 0 Å². The average molecular weight is 437 g/mol. The van der Waals surface area contributed by atoms with Crippen LogP contribution in [0.15, 0.2) is 84.9 Å². The Kier molecular flexibility index (Phi) is 5.50. The normalized spacial score (nSPS) is 12.1. The molecule has 6 nitrogen and oxygen atoms in total. The van der Waals surface area contributed by atoms with E-state index in [0.29, 0.717) is 11.4 Å². The maximum Gasteiger partial charge on any atom is 0.270 e. The van der Waals surface area contributed by atoms with Crippen molar-refractivity contribution in [3.05, 3.63) is 96.2 Å². The molecule has 0 aliphatic rings. The van der Waals surface area contributed by atoms with Gasteiger partial charge in [-0.1, -0.05) is 48.5 Å². The number of amides is 1. The fourth-order valence-electron chi connectivity index (χ4n) is 3.99. The third-order valence-electron chi connectivity index (χ3n) is 5.73. The SMILES string of the molecule is COc1ccc(-c2nc(C(=O)NC[C@@H](O)c3ccccc3)cc3c2[nH]c2ccccc23)cc1. The van der Waals surface area contributed by atoms with E-state index in [1.165, 1.54) is 0 Å². The molecule has 5 rings (SSSR count). The minimum absolute atomic E-state index is 0.0916. The standard InChI is InChI=1S/C27H23N3O3/c1-33-19-13-11-18(12-14-19)25-26-21(20-9-5-6-10-22(20)29-26)15-23(30-25)27(32)28-16-24(31)17-7-3-2-4-8-17/h2-15,24,29,31H,16H2,1H3,(H,28,32)/t24-/m1/s1. The Bertz CT molecular complexity index is 1430. The van der Waals surface area contributed by atoms with Gasteiger partial charge in [-0.3, -0.25) is 4.79 Å². The van der Waals surface area contributed by atoms with Gasteiger partial charge >= 0.3 is 0 Å². The number of nitrogens with zero attached hydrogens (tertiary/aromatic N) is 1. The Hall–Kier alpha value is -4.16. The van der Waals surface area contributed by atoms with Gasteiger partial charge in [-0.2, -0.15) is 0 Å². The largest absolute Gasteiger partial charge is 0.497 e. The quantitative estimate of drug-likeness (QED) is 0.354. The molecule has 0 fully saturated rings. The van der Waals surface area contributed by atoms with Gasteiger partial charge in [-0.05, 0) is 42.0 Å². The van der Waals surface area contributed by atoms with Crippen molar-refractivity contribution in [3.8, 4) is 17.0 Å². The van der Waals surface area contributed by atoms with Crippen molar-refractivity contribution in [2.45, 2.75) is 6.10 Å². The third kappa shape index (κ3) is 4.04. The van der Waals surface area contributed by atoms with Crippen molar-refractivity contribution >= 4 is 27.7 Å². The summed E-state index contributed by atoms with van der Waals surface area (Å²) in [5, 5.41) is 15.2. The molecule has 0 saturated heterocycles. The number of aliphatic hydroxyl groups is 1. The molecule has 0 bridgehead atoms. The Morgan fingerprint density at radius 3 is 2.48 bits per heavy atom. The van der Waals surface area contributed by atoms with E-state index in [0.717, 1.165) is 38.7 Å². The van der Waals surface area contributed by atoms with E-state index < -0.39 is 6.10 Å². The topological polar surface area (TPSA) is 87.2 Å². The highest BCUT2D eigenvalue weighted by molar-refractivity contribution is 6.13. The second kappa shape index (κ2) is 8.76. The van der Waals surface area contributed by atoms with E-state index in [9.17, 15) is 9.90 Å². The van der Waals surface area contributed by atoms with Crippen LogP contribution in [0, 0.1) is 0 Å². The van der Waals surface area contributed by atoms with Crippen molar-refractivity contribution in [3.63, 3.8) is 0 Å². The van der Waals surface area contributed by atoms with E-state index in [4.69, 9.17) is 9.72 Å². The summed E-state index contributed by atoms with van der Waals surface area (Å²) in [5.41, 5.74) is 4.42. The first-order valence-corrected chi connectivity index (χ1v) is 10.7. The molecule has 0 radical (unpaired) electrons. The zero-order valence-corrected chi connectivity index (χ0v) is 18.1. The first-order valence-electron chi connectivity index (χ1n) is 10.7. The number of rotatable bonds is 6. The molecule has 6 heteroatoms. The lowest BCUT2D eigenvalue weighted by Gasteiger charge is -2.13. The van der Waals surface area contributed by atoms with Gasteiger partial charge in [-0.25, -0.2) is 4.98 Å². The zero-order chi connectivity index (χ0) is 22.8. The monoisotopic (exact) mass is 437 g/mol. The summed E-state index contributed by atoms with van der Waals surface area (Å²) < 4.78 is 5.28. The Balaban J connectivity index is 1.54. The van der Waals surface area contributed by atoms with E-state index in [1.807, 2.05) is 78.9 Å². The highest BCUT2D eigenvalue weighted by atomic mass is 16.5. The van der Waals surface area contributed by atoms with Crippen LogP contribution in [0.5, 0.6) is 5.75 Å². The van der Waals surface area contributed by atoms with Gasteiger partial charge in [-0.15, -0.1) is 0 Å². The highest BCUT2D eigenvalue weighted by Crippen LogP contribution is 2.33. The van der Waals surface area contributed by atoms with Gasteiger partial charge in [0.25, 0.3) is 5.91 Å². The lowest BCUT2D eigenvalue weighted by Crippen LogP contribution is -2.29. The molecule has 1 atom stereocenters. The molecule has 0 unspecified atom stereocenters. The third-order valence-corrected chi connectivity index (χ3v) is 5.73. The first-order chi connectivity index (χ1) is 16.1. The van der Waals surface area contributed by atoms with Gasteiger partial charge < -0.3 is 20.1 Å². The summed E-state index contributed by atoms with van der Waals surface area (Å²) in [7, 11) is 1.62. The molecule has 164 valence electrons. The van der Waals surface area contributed by atoms with Crippen LogP contribution in [-0.4, -0.2) is 34.6 Å². The number of aromatic nitrogens is 2. The summed E-state index contributed by atoms with van der Waals surface area (Å²) in [6.45, 7) is 0.0916. The van der Waals surface area contributed by atoms with Crippen LogP contribution < -0.4 is 10.1 Å². The van der Waals surface area contributed by atoms with Crippen LogP contribution in [-0.2, 0) is 0 Å². The van der Waals surface area contributed by atoms with Crippen molar-refractivity contribution in [1.29, 1.82) is 0 Å². The molecule has 2 heterocycles. The van der Waals surface area contributed by atoms with E-state index in [-0.39, 0.29) is 12.5 Å². The van der Waals surface area contributed by atoms with Crippen LogP contribution >= 0.6 is 0 Å². The molecule has 3 aromatic carbocycles. The van der Waals surface area contributed by atoms with E-state index in [1.54, 1.807) is 13.2 Å². The van der Waals surface area contributed by atoms with Crippen LogP contribution in [0.25, 0.3) is 33.1 Å². The number of methoxy groups -OCH3 is 1. The Morgan fingerprint density at radius 2 is 1.73 bits per heavy atom. The fraction of sp³-hybridized carbons (Fsp3) is 0.111. The molecule has 5 aromatic rings. The summed E-state index contributed by atoms with van der Waals surface area (Å²) in [5.74, 6) is 0.405. The molecular weight excluding hydrogens is 414 g/mol. The first kappa shape index (κ1) is 20.7. The number of fused-ring (bicyclic) bond motifs is 3. The molecule has 0 aliphatic heterocycles. The van der Waals surface area contributed by atoms with E-state index >= 15 is 0 Å². The molecule has 1 amide bonds. The molecule has 3 N–H and O–H groups in total. The molecule has 0 spiro atoms. The van der Waals surface area contributed by atoms with Crippen molar-refractivity contribution in [2.24, 2.45) is 0 Å². The molecule has 2 aromatic heterocycles. The summed E-state index contributed by atoms with van der Waals surface area (Å²) in [4.78, 5) is 21.2. The summed E-state index contributed by atoms with van der Waals surface area (Å²) in [6.07, 6.45) is -0.798. The number of nitrogens with one attached hydrogen (secondary N) is 2. The van der Waals surface area contributed by atoms with Gasteiger partial charge in [0.2, 0.25) is 0 Å². The Morgan fingerprint density at radius 1 is 1.00 bits per heavy atom. The second-order valence-corrected chi connectivity index (χ2v) is 7.81. The number of pyridine rings is 1. The summed E-state index contributed by atoms with van der Waals surface area (Å²) >= 11 is 0. The van der Waals surface area contributed by atoms with E-state index in [2.05, 4.69) is 10.3 Å². The number of para-hydroxylation sites is 1. The van der Waals surface area contributed by atoms with Gasteiger partial charge in [0.05, 0.1) is 24.4 Å². The number of ether oxygens (including phenoxy) is 1. The number of H-pyrrole nitrogens is 1. The zero-order valence-electron chi connectivity index (χ0n) is 18.1. The Labute approximate surface area is 190 Å². The van der Waals surface area contributed by atoms with Crippen LogP contribution in [0.2, 0.25) is 0 Å². The van der Waals surface area contributed by atoms with Crippen LogP contribution in [0.4, 0.5) is 0 Å². The second-order valence-electron chi connectivity index (χ2n) is 7.81. The minimum Gasteiger partial charge on any atom is -0.497 e. The number of benzene rings is 3. The van der Waals surface area contributed by atoms with Crippen LogP contribution in [0.3, 0.4) is 0 Å². The number of aliphatic hydroxyl groups excluding tert-OH is 1. The number of hydrogen-bond donors (Lipinski definition) is 3. The number of aromatic amines is 1. The smallest absolute Gasteiger partial charge is 0.270 e. The molecule has 0 aliphatic carbocycles. The molecule has 0 saturated carbocycles. The van der Waals surface area contributed by atoms with Gasteiger partial charge in [0, 0.05) is 28.4 Å². The van der Waals surface area contributed by atoms with Gasteiger partial charge in [0.1, 0.15) is 11.4 Å². The lowest BCUT2D eigenvalue weighted by molar-refractivity contribution is 0.0911. The number of carbonyl (C=O) groups is 1. The average Bonchev–Trinajstić information content (AvgIpc) is 3.26. The predicted molar refractivity (Wildman–Crippen MR) is 129 cm³/mol. The van der Waals surface area contributed by atoms with Crippen LogP contribution in [0.1, 0.15) is 22.2 Å². The summed E-state index contributed by atoms with van der Waals surface area (Å²) in [6, 6.07) is 26.6. The fourth-order valence-corrected chi connectivity index (χ4v) is 3.99. The number of hydrogen-bond acceptors (Lipinski definition) is 4. The van der Waals surface area contributed by atoms with Crippen molar-refractivity contribution in [2.75, 3.05) is 13.7 Å². The predicted octanol–water partition coefficient (Wildman–Crippen LogP) is 4.86.